The first-order valence-corrected chi connectivity index (χ1v) is 10.1. The van der Waals surface area contributed by atoms with Crippen LogP contribution in [0.25, 0.3) is 0 Å². The summed E-state index contributed by atoms with van der Waals surface area (Å²) in [5, 5.41) is 8.43. The fourth-order valence-electron chi connectivity index (χ4n) is 3.09. The molecule has 1 amide bonds. The Morgan fingerprint density at radius 2 is 2.15 bits per heavy atom. The van der Waals surface area contributed by atoms with Crippen LogP contribution in [0.1, 0.15) is 45.2 Å². The van der Waals surface area contributed by atoms with E-state index in [0.29, 0.717) is 29.0 Å². The van der Waals surface area contributed by atoms with Gasteiger partial charge >= 0.3 is 0 Å². The molecule has 0 radical (unpaired) electrons. The minimum absolute atomic E-state index is 0.465. The Morgan fingerprint density at radius 3 is 2.85 bits per heavy atom. The number of hydrogen-bond donors (Lipinski definition) is 2. The van der Waals surface area contributed by atoms with Crippen molar-refractivity contribution in [3.63, 3.8) is 0 Å². The summed E-state index contributed by atoms with van der Waals surface area (Å²) in [5.74, 6) is 1.71. The van der Waals surface area contributed by atoms with Crippen molar-refractivity contribution in [1.29, 1.82) is 0 Å². The van der Waals surface area contributed by atoms with Crippen LogP contribution in [-0.2, 0) is 4.79 Å². The molecule has 0 spiro atoms. The minimum Gasteiger partial charge on any atom is -0.493 e. The summed E-state index contributed by atoms with van der Waals surface area (Å²) >= 11 is 1.55. The Kier molecular flexibility index (Phi) is 6.05. The van der Waals surface area contributed by atoms with Gasteiger partial charge in [-0.05, 0) is 25.2 Å². The molecule has 1 aromatic heterocycles. The maximum absolute atomic E-state index is 12.3. The van der Waals surface area contributed by atoms with E-state index in [1.54, 1.807) is 16.4 Å². The number of unbranched alkanes of at least 4 members (excludes halogenated alkanes) is 1. The lowest BCUT2D eigenvalue weighted by atomic mass is 9.94. The highest BCUT2D eigenvalue weighted by molar-refractivity contribution is 7.99. The normalized spacial score (nSPS) is 16.0. The molecular formula is C19H25N5O2S. The van der Waals surface area contributed by atoms with E-state index in [4.69, 9.17) is 10.5 Å². The van der Waals surface area contributed by atoms with Gasteiger partial charge in [0.25, 0.3) is 0 Å². The number of nitrogens with two attached hydrogens (primary N) is 1. The monoisotopic (exact) mass is 387 g/mol. The first-order valence-electron chi connectivity index (χ1n) is 9.15. The Morgan fingerprint density at radius 1 is 1.37 bits per heavy atom. The molecule has 7 nitrogen and oxygen atoms in total. The van der Waals surface area contributed by atoms with Gasteiger partial charge in [-0.2, -0.15) is 4.98 Å². The number of anilines is 1. The quantitative estimate of drug-likeness (QED) is 0.533. The van der Waals surface area contributed by atoms with Gasteiger partial charge in [-0.25, -0.2) is 4.68 Å². The average molecular weight is 388 g/mol. The molecule has 1 unspecified atom stereocenters. The van der Waals surface area contributed by atoms with E-state index >= 15 is 0 Å². The molecule has 3 N–H and O–H groups in total. The number of allylic oxidation sites excluding steroid dienone is 1. The molecule has 0 saturated heterocycles. The van der Waals surface area contributed by atoms with E-state index in [-0.39, 0.29) is 0 Å². The fraction of sp³-hybridized carbons (Fsp3) is 0.421. The van der Waals surface area contributed by atoms with Gasteiger partial charge < -0.3 is 15.8 Å². The molecule has 0 saturated carbocycles. The van der Waals surface area contributed by atoms with Crippen molar-refractivity contribution in [2.75, 3.05) is 17.7 Å². The van der Waals surface area contributed by atoms with Crippen LogP contribution >= 0.6 is 11.8 Å². The van der Waals surface area contributed by atoms with E-state index in [2.05, 4.69) is 22.3 Å². The van der Waals surface area contributed by atoms with Gasteiger partial charge in [0, 0.05) is 11.3 Å². The van der Waals surface area contributed by atoms with Crippen LogP contribution in [0.15, 0.2) is 40.7 Å². The number of fused-ring (bicyclic) bond motifs is 1. The highest BCUT2D eigenvalue weighted by Crippen LogP contribution is 2.39. The van der Waals surface area contributed by atoms with Crippen LogP contribution < -0.4 is 15.8 Å². The van der Waals surface area contributed by atoms with Crippen molar-refractivity contribution >= 4 is 23.6 Å². The van der Waals surface area contributed by atoms with E-state index in [1.807, 2.05) is 38.1 Å². The zero-order valence-corrected chi connectivity index (χ0v) is 16.7. The van der Waals surface area contributed by atoms with Gasteiger partial charge in [0.15, 0.2) is 0 Å². The molecule has 1 aromatic carbocycles. The molecule has 2 heterocycles. The maximum Gasteiger partial charge on any atom is 0.248 e. The molecule has 1 aliphatic heterocycles. The van der Waals surface area contributed by atoms with Gasteiger partial charge in [-0.15, -0.1) is 5.10 Å². The molecule has 1 atom stereocenters. The zero-order valence-electron chi connectivity index (χ0n) is 15.9. The third kappa shape index (κ3) is 3.95. The van der Waals surface area contributed by atoms with Crippen LogP contribution in [0.5, 0.6) is 5.75 Å². The second-order valence-corrected chi connectivity index (χ2v) is 7.50. The number of ether oxygens (including phenoxy) is 1. The Hall–Kier alpha value is -2.48. The lowest BCUT2D eigenvalue weighted by molar-refractivity contribution is -0.115. The van der Waals surface area contributed by atoms with Crippen LogP contribution in [0, 0.1) is 0 Å². The van der Waals surface area contributed by atoms with Crippen molar-refractivity contribution in [3.05, 3.63) is 41.1 Å². The van der Waals surface area contributed by atoms with Crippen LogP contribution in [-0.4, -0.2) is 33.0 Å². The lowest BCUT2D eigenvalue weighted by Crippen LogP contribution is -2.32. The number of benzene rings is 1. The number of amides is 1. The zero-order chi connectivity index (χ0) is 19.4. The number of aromatic nitrogens is 3. The number of nitrogens with zero attached hydrogens (tertiary/aromatic N) is 3. The number of carbonyl (C=O) groups excluding carboxylic acids is 1. The summed E-state index contributed by atoms with van der Waals surface area (Å²) < 4.78 is 7.73. The maximum atomic E-state index is 12.3. The molecule has 0 bridgehead atoms. The van der Waals surface area contributed by atoms with Gasteiger partial charge in [-0.3, -0.25) is 4.79 Å². The summed E-state index contributed by atoms with van der Waals surface area (Å²) in [7, 11) is 0. The predicted octanol–water partition coefficient (Wildman–Crippen LogP) is 3.34. The van der Waals surface area contributed by atoms with Crippen molar-refractivity contribution in [2.24, 2.45) is 5.73 Å². The summed E-state index contributed by atoms with van der Waals surface area (Å²) in [6.07, 6.45) is 2.01. The minimum atomic E-state index is -0.487. The standard InChI is InChI=1S/C19H25N5O2S/c1-4-6-11-26-14-10-8-7-9-13(14)16-15(17(20)25)12(3)21-18-22-19(27-5-2)23-24(16)18/h7-10,16H,4-6,11H2,1-3H3,(H2,20,25)(H,21,22,23). The van der Waals surface area contributed by atoms with Crippen molar-refractivity contribution in [2.45, 2.75) is 44.8 Å². The van der Waals surface area contributed by atoms with Crippen molar-refractivity contribution in [3.8, 4) is 5.75 Å². The second-order valence-electron chi connectivity index (χ2n) is 6.27. The summed E-state index contributed by atoms with van der Waals surface area (Å²) in [6.45, 7) is 6.62. The molecule has 0 fully saturated rings. The molecule has 8 heteroatoms. The van der Waals surface area contributed by atoms with E-state index in [1.165, 1.54) is 0 Å². The Bertz CT molecular complexity index is 862. The topological polar surface area (TPSA) is 95.1 Å². The van der Waals surface area contributed by atoms with Gasteiger partial charge in [0.2, 0.25) is 17.0 Å². The summed E-state index contributed by atoms with van der Waals surface area (Å²) in [6, 6.07) is 7.24. The van der Waals surface area contributed by atoms with Crippen molar-refractivity contribution < 1.29 is 9.53 Å². The number of nitrogens with one attached hydrogen (secondary N) is 1. The molecule has 0 aliphatic carbocycles. The molecule has 144 valence electrons. The number of hydrogen-bond acceptors (Lipinski definition) is 6. The number of rotatable bonds is 8. The number of carbonyl (C=O) groups is 1. The number of primary amides is 1. The first kappa shape index (κ1) is 19.3. The predicted molar refractivity (Wildman–Crippen MR) is 107 cm³/mol. The van der Waals surface area contributed by atoms with Crippen LogP contribution in [0.4, 0.5) is 5.95 Å². The third-order valence-electron chi connectivity index (χ3n) is 4.34. The number of para-hydroxylation sites is 1. The average Bonchev–Trinajstić information content (AvgIpc) is 3.03. The highest BCUT2D eigenvalue weighted by atomic mass is 32.2. The fourth-order valence-corrected chi connectivity index (χ4v) is 3.65. The molecule has 3 rings (SSSR count). The summed E-state index contributed by atoms with van der Waals surface area (Å²) in [4.78, 5) is 16.8. The van der Waals surface area contributed by atoms with Crippen LogP contribution in [0.2, 0.25) is 0 Å². The van der Waals surface area contributed by atoms with Gasteiger partial charge in [-0.1, -0.05) is 50.2 Å². The molecule has 27 heavy (non-hydrogen) atoms. The second kappa shape index (κ2) is 8.47. The SMILES string of the molecule is CCCCOc1ccccc1C1C(C(N)=O)=C(C)Nc2nc(SCC)nn21. The van der Waals surface area contributed by atoms with Crippen LogP contribution in [0.3, 0.4) is 0 Å². The number of thioether (sulfide) groups is 1. The molecular weight excluding hydrogens is 362 g/mol. The van der Waals surface area contributed by atoms with Gasteiger partial charge in [0.05, 0.1) is 12.2 Å². The van der Waals surface area contributed by atoms with E-state index in [9.17, 15) is 4.79 Å². The highest BCUT2D eigenvalue weighted by Gasteiger charge is 2.34. The first-order chi connectivity index (χ1) is 13.1. The summed E-state index contributed by atoms with van der Waals surface area (Å²) in [5.41, 5.74) is 7.73. The molecule has 2 aromatic rings. The van der Waals surface area contributed by atoms with E-state index in [0.717, 1.165) is 29.9 Å². The van der Waals surface area contributed by atoms with Crippen molar-refractivity contribution in [1.82, 2.24) is 14.8 Å². The smallest absolute Gasteiger partial charge is 0.248 e. The largest absolute Gasteiger partial charge is 0.493 e. The lowest BCUT2D eigenvalue weighted by Gasteiger charge is -2.28. The Balaban J connectivity index is 2.10. The van der Waals surface area contributed by atoms with E-state index < -0.39 is 11.9 Å². The third-order valence-corrected chi connectivity index (χ3v) is 5.06. The Labute approximate surface area is 163 Å². The van der Waals surface area contributed by atoms with Gasteiger partial charge in [0.1, 0.15) is 11.8 Å². The molecule has 1 aliphatic rings.